The average Bonchev–Trinajstić information content (AvgIpc) is 2.81. The van der Waals surface area contributed by atoms with E-state index in [1.807, 2.05) is 0 Å². The Morgan fingerprint density at radius 2 is 1.62 bits per heavy atom. The predicted octanol–water partition coefficient (Wildman–Crippen LogP) is 5.08. The smallest absolute Gasteiger partial charge is 0.248 e. The van der Waals surface area contributed by atoms with E-state index in [2.05, 4.69) is 5.32 Å². The summed E-state index contributed by atoms with van der Waals surface area (Å²) < 4.78 is 34.7. The minimum atomic E-state index is -0.311. The lowest BCUT2D eigenvalue weighted by Gasteiger charge is -2.12. The second kappa shape index (κ2) is 10.9. The number of nitrogens with one attached hydrogen (secondary N) is 1. The number of benzene rings is 3. The molecule has 0 aromatic heterocycles. The van der Waals surface area contributed by atoms with Crippen LogP contribution in [0.1, 0.15) is 11.1 Å². The van der Waals surface area contributed by atoms with E-state index >= 15 is 0 Å². The molecule has 0 unspecified atom stereocenters. The highest BCUT2D eigenvalue weighted by Crippen LogP contribution is 2.38. The van der Waals surface area contributed by atoms with Crippen molar-refractivity contribution in [2.75, 3.05) is 26.6 Å². The Hall–Kier alpha value is -4.00. The third-order valence-corrected chi connectivity index (χ3v) is 4.53. The van der Waals surface area contributed by atoms with Crippen molar-refractivity contribution in [3.05, 3.63) is 83.7 Å². The Morgan fingerprint density at radius 3 is 2.25 bits per heavy atom. The molecule has 0 bridgehead atoms. The highest BCUT2D eigenvalue weighted by atomic mass is 19.1. The van der Waals surface area contributed by atoms with Gasteiger partial charge in [-0.15, -0.1) is 0 Å². The van der Waals surface area contributed by atoms with Crippen molar-refractivity contribution < 1.29 is 28.1 Å². The van der Waals surface area contributed by atoms with Crippen molar-refractivity contribution in [1.82, 2.24) is 0 Å². The van der Waals surface area contributed by atoms with Crippen LogP contribution in [0.3, 0.4) is 0 Å². The number of halogens is 1. The lowest BCUT2D eigenvalue weighted by molar-refractivity contribution is -0.111. The number of hydrogen-bond donors (Lipinski definition) is 1. The van der Waals surface area contributed by atoms with Crippen molar-refractivity contribution in [2.24, 2.45) is 0 Å². The Labute approximate surface area is 186 Å². The SMILES string of the molecule is COc1cc(/C=C/C(=O)Nc2cccc(OCc3ccc(F)cc3)c2)cc(OC)c1OC. The van der Waals surface area contributed by atoms with E-state index in [9.17, 15) is 9.18 Å². The number of ether oxygens (including phenoxy) is 4. The number of carbonyl (C=O) groups excluding carboxylic acids is 1. The van der Waals surface area contributed by atoms with E-state index in [0.717, 1.165) is 5.56 Å². The van der Waals surface area contributed by atoms with Crippen LogP contribution in [-0.2, 0) is 11.4 Å². The maximum atomic E-state index is 13.0. The maximum absolute atomic E-state index is 13.0. The number of anilines is 1. The number of methoxy groups -OCH3 is 3. The van der Waals surface area contributed by atoms with Gasteiger partial charge in [0.05, 0.1) is 21.3 Å². The zero-order valence-electron chi connectivity index (χ0n) is 18.1. The van der Waals surface area contributed by atoms with Crippen molar-refractivity contribution in [3.63, 3.8) is 0 Å². The van der Waals surface area contributed by atoms with Gasteiger partial charge >= 0.3 is 0 Å². The quantitative estimate of drug-likeness (QED) is 0.473. The van der Waals surface area contributed by atoms with Gasteiger partial charge in [-0.05, 0) is 53.6 Å². The van der Waals surface area contributed by atoms with E-state index in [0.29, 0.717) is 40.9 Å². The number of amides is 1. The molecule has 0 fully saturated rings. The maximum Gasteiger partial charge on any atom is 0.248 e. The summed E-state index contributed by atoms with van der Waals surface area (Å²) >= 11 is 0. The summed E-state index contributed by atoms with van der Waals surface area (Å²) in [5.74, 6) is 1.46. The largest absolute Gasteiger partial charge is 0.493 e. The van der Waals surface area contributed by atoms with Crippen molar-refractivity contribution >= 4 is 17.7 Å². The third-order valence-electron chi connectivity index (χ3n) is 4.53. The minimum Gasteiger partial charge on any atom is -0.493 e. The van der Waals surface area contributed by atoms with Crippen LogP contribution in [0.4, 0.5) is 10.1 Å². The first-order chi connectivity index (χ1) is 15.5. The van der Waals surface area contributed by atoms with Crippen molar-refractivity contribution in [1.29, 1.82) is 0 Å². The summed E-state index contributed by atoms with van der Waals surface area (Å²) in [6.45, 7) is 0.290. The molecule has 166 valence electrons. The molecule has 0 atom stereocenters. The fourth-order valence-corrected chi connectivity index (χ4v) is 2.96. The molecule has 0 radical (unpaired) electrons. The van der Waals surface area contributed by atoms with E-state index in [4.69, 9.17) is 18.9 Å². The van der Waals surface area contributed by atoms with Gasteiger partial charge in [0.15, 0.2) is 11.5 Å². The molecule has 0 aliphatic heterocycles. The van der Waals surface area contributed by atoms with Gasteiger partial charge in [0.25, 0.3) is 0 Å². The van der Waals surface area contributed by atoms with Crippen LogP contribution in [-0.4, -0.2) is 27.2 Å². The molecule has 0 aliphatic carbocycles. The Balaban J connectivity index is 1.64. The summed E-state index contributed by atoms with van der Waals surface area (Å²) in [4.78, 5) is 12.4. The summed E-state index contributed by atoms with van der Waals surface area (Å²) in [6.07, 6.45) is 3.06. The van der Waals surface area contributed by atoms with Gasteiger partial charge in [-0.25, -0.2) is 4.39 Å². The Morgan fingerprint density at radius 1 is 0.938 bits per heavy atom. The molecule has 0 aliphatic rings. The van der Waals surface area contributed by atoms with Crippen LogP contribution in [0.2, 0.25) is 0 Å². The fraction of sp³-hybridized carbons (Fsp3) is 0.160. The summed E-state index contributed by atoms with van der Waals surface area (Å²) in [5.41, 5.74) is 2.14. The first-order valence-electron chi connectivity index (χ1n) is 9.78. The average molecular weight is 437 g/mol. The topological polar surface area (TPSA) is 66.0 Å². The second-order valence-electron chi connectivity index (χ2n) is 6.72. The molecular formula is C25H24FNO5. The van der Waals surface area contributed by atoms with E-state index in [1.165, 1.54) is 39.5 Å². The first-order valence-corrected chi connectivity index (χ1v) is 9.78. The molecule has 32 heavy (non-hydrogen) atoms. The Kier molecular flexibility index (Phi) is 7.70. The van der Waals surface area contributed by atoms with Crippen LogP contribution in [0, 0.1) is 5.82 Å². The van der Waals surface area contributed by atoms with Crippen LogP contribution in [0.5, 0.6) is 23.0 Å². The molecule has 0 saturated carbocycles. The number of carbonyl (C=O) groups is 1. The summed E-state index contributed by atoms with van der Waals surface area (Å²) in [5, 5.41) is 2.80. The van der Waals surface area contributed by atoms with Gasteiger partial charge < -0.3 is 24.3 Å². The second-order valence-corrected chi connectivity index (χ2v) is 6.72. The molecule has 1 amide bonds. The highest BCUT2D eigenvalue weighted by Gasteiger charge is 2.12. The first kappa shape index (κ1) is 22.7. The molecule has 1 N–H and O–H groups in total. The normalized spacial score (nSPS) is 10.6. The summed E-state index contributed by atoms with van der Waals surface area (Å²) in [7, 11) is 4.59. The van der Waals surface area contributed by atoms with Crippen LogP contribution in [0.25, 0.3) is 6.08 Å². The molecule has 3 aromatic carbocycles. The van der Waals surface area contributed by atoms with Crippen molar-refractivity contribution in [2.45, 2.75) is 6.61 Å². The van der Waals surface area contributed by atoms with Crippen LogP contribution in [0.15, 0.2) is 66.7 Å². The highest BCUT2D eigenvalue weighted by molar-refractivity contribution is 6.02. The van der Waals surface area contributed by atoms with Gasteiger partial charge in [0.1, 0.15) is 18.2 Å². The summed E-state index contributed by atoms with van der Waals surface area (Å²) in [6, 6.07) is 16.6. The molecule has 0 saturated heterocycles. The lowest BCUT2D eigenvalue weighted by Crippen LogP contribution is -2.07. The van der Waals surface area contributed by atoms with Gasteiger partial charge in [-0.1, -0.05) is 18.2 Å². The number of rotatable bonds is 9. The van der Waals surface area contributed by atoms with Gasteiger partial charge in [-0.2, -0.15) is 0 Å². The van der Waals surface area contributed by atoms with Gasteiger partial charge in [0, 0.05) is 17.8 Å². The Bertz CT molecular complexity index is 1070. The molecule has 0 heterocycles. The van der Waals surface area contributed by atoms with Crippen molar-refractivity contribution in [3.8, 4) is 23.0 Å². The molecule has 3 rings (SSSR count). The monoisotopic (exact) mass is 437 g/mol. The van der Waals surface area contributed by atoms with Crippen LogP contribution >= 0.6 is 0 Å². The standard InChI is InChI=1S/C25H24FNO5/c1-29-22-13-18(14-23(30-2)25(22)31-3)9-12-24(28)27-20-5-4-6-21(15-20)32-16-17-7-10-19(26)11-8-17/h4-15H,16H2,1-3H3,(H,27,28)/b12-9+. The zero-order chi connectivity index (χ0) is 22.9. The molecule has 0 spiro atoms. The van der Waals surface area contributed by atoms with E-state index in [1.54, 1.807) is 54.6 Å². The van der Waals surface area contributed by atoms with Gasteiger partial charge in [-0.3, -0.25) is 4.79 Å². The molecular weight excluding hydrogens is 413 g/mol. The predicted molar refractivity (Wildman–Crippen MR) is 121 cm³/mol. The molecule has 3 aromatic rings. The molecule has 7 heteroatoms. The van der Waals surface area contributed by atoms with E-state index in [-0.39, 0.29) is 11.7 Å². The zero-order valence-corrected chi connectivity index (χ0v) is 18.1. The lowest BCUT2D eigenvalue weighted by atomic mass is 10.1. The third kappa shape index (κ3) is 6.01. The minimum absolute atomic E-state index is 0.290. The number of hydrogen-bond acceptors (Lipinski definition) is 5. The molecule has 6 nitrogen and oxygen atoms in total. The van der Waals surface area contributed by atoms with Gasteiger partial charge in [0.2, 0.25) is 11.7 Å². The fourth-order valence-electron chi connectivity index (χ4n) is 2.96. The van der Waals surface area contributed by atoms with E-state index < -0.39 is 0 Å². The van der Waals surface area contributed by atoms with Crippen LogP contribution < -0.4 is 24.3 Å².